The number of benzene rings is 1. The van der Waals surface area contributed by atoms with Crippen LogP contribution in [0.25, 0.3) is 0 Å². The molecule has 1 unspecified atom stereocenters. The summed E-state index contributed by atoms with van der Waals surface area (Å²) in [6.07, 6.45) is 2.13. The fraction of sp³-hybridized carbons (Fsp3) is 0.538. The molecule has 0 bridgehead atoms. The molecule has 3 heteroatoms. The minimum absolute atomic E-state index is 0.133. The van der Waals surface area contributed by atoms with E-state index in [1.54, 1.807) is 12.1 Å². The van der Waals surface area contributed by atoms with Crippen molar-refractivity contribution in [2.24, 2.45) is 0 Å². The van der Waals surface area contributed by atoms with Gasteiger partial charge in [0.15, 0.2) is 0 Å². The molecule has 1 aromatic rings. The molecule has 0 aromatic heterocycles. The lowest BCUT2D eigenvalue weighted by atomic mass is 10.1. The first-order valence-electron chi connectivity index (χ1n) is 5.92. The molecule has 1 heterocycles. The third kappa shape index (κ3) is 2.19. The quantitative estimate of drug-likeness (QED) is 0.840. The zero-order valence-electron chi connectivity index (χ0n) is 9.96. The Balaban J connectivity index is 2.12. The number of rotatable bonds is 4. The highest BCUT2D eigenvalue weighted by Gasteiger charge is 2.23. The summed E-state index contributed by atoms with van der Waals surface area (Å²) in [7, 11) is 1.96. The number of hydrogen-bond acceptors (Lipinski definition) is 2. The van der Waals surface area contributed by atoms with Crippen molar-refractivity contribution in [3.63, 3.8) is 0 Å². The van der Waals surface area contributed by atoms with Crippen molar-refractivity contribution in [1.82, 2.24) is 5.32 Å². The van der Waals surface area contributed by atoms with Crippen LogP contribution in [0.15, 0.2) is 18.2 Å². The van der Waals surface area contributed by atoms with E-state index in [4.69, 9.17) is 0 Å². The highest BCUT2D eigenvalue weighted by molar-refractivity contribution is 5.58. The first-order valence-corrected chi connectivity index (χ1v) is 5.92. The maximum Gasteiger partial charge on any atom is 0.125 e. The Morgan fingerprint density at radius 2 is 2.31 bits per heavy atom. The molecule has 1 aliphatic rings. The molecule has 0 spiro atoms. The molecule has 0 radical (unpaired) electrons. The lowest BCUT2D eigenvalue weighted by Gasteiger charge is -2.27. The molecule has 0 aliphatic carbocycles. The summed E-state index contributed by atoms with van der Waals surface area (Å²) in [5, 5.41) is 3.16. The van der Waals surface area contributed by atoms with E-state index >= 15 is 0 Å². The van der Waals surface area contributed by atoms with Crippen LogP contribution in [0.1, 0.15) is 18.9 Å². The van der Waals surface area contributed by atoms with Gasteiger partial charge >= 0.3 is 0 Å². The van der Waals surface area contributed by atoms with Crippen molar-refractivity contribution in [1.29, 1.82) is 0 Å². The molecular formula is C13H19FN2. The standard InChI is InChI=1S/C13H19FN2/c1-10(5-7-15-2)16-8-6-11-3-4-12(14)9-13(11)16/h3-4,9-10,15H,5-8H2,1-2H3. The molecule has 88 valence electrons. The molecular weight excluding hydrogens is 203 g/mol. The molecule has 0 amide bonds. The highest BCUT2D eigenvalue weighted by Crippen LogP contribution is 2.30. The van der Waals surface area contributed by atoms with Gasteiger partial charge in [-0.25, -0.2) is 4.39 Å². The number of anilines is 1. The smallest absolute Gasteiger partial charge is 0.125 e. The fourth-order valence-corrected chi connectivity index (χ4v) is 2.34. The van der Waals surface area contributed by atoms with Crippen LogP contribution < -0.4 is 10.2 Å². The zero-order valence-corrected chi connectivity index (χ0v) is 9.96. The van der Waals surface area contributed by atoms with Crippen LogP contribution in [0.4, 0.5) is 10.1 Å². The molecule has 1 N–H and O–H groups in total. The number of nitrogens with zero attached hydrogens (tertiary/aromatic N) is 1. The summed E-state index contributed by atoms with van der Waals surface area (Å²) >= 11 is 0. The average molecular weight is 222 g/mol. The highest BCUT2D eigenvalue weighted by atomic mass is 19.1. The minimum Gasteiger partial charge on any atom is -0.368 e. The minimum atomic E-state index is -0.133. The van der Waals surface area contributed by atoms with Gasteiger partial charge in [-0.1, -0.05) is 6.07 Å². The second-order valence-electron chi connectivity index (χ2n) is 4.46. The second-order valence-corrected chi connectivity index (χ2v) is 4.46. The van der Waals surface area contributed by atoms with E-state index in [0.717, 1.165) is 31.6 Å². The van der Waals surface area contributed by atoms with Crippen LogP contribution in [0, 0.1) is 5.82 Å². The second kappa shape index (κ2) is 4.83. The van der Waals surface area contributed by atoms with E-state index in [0.29, 0.717) is 6.04 Å². The maximum absolute atomic E-state index is 13.2. The Labute approximate surface area is 96.5 Å². The van der Waals surface area contributed by atoms with E-state index in [-0.39, 0.29) is 5.82 Å². The summed E-state index contributed by atoms with van der Waals surface area (Å²) in [4.78, 5) is 2.32. The van der Waals surface area contributed by atoms with Crippen molar-refractivity contribution < 1.29 is 4.39 Å². The predicted octanol–water partition coefficient (Wildman–Crippen LogP) is 2.19. The van der Waals surface area contributed by atoms with Gasteiger partial charge in [-0.15, -0.1) is 0 Å². The van der Waals surface area contributed by atoms with Crippen LogP contribution in [0.5, 0.6) is 0 Å². The molecule has 0 saturated carbocycles. The molecule has 1 aromatic carbocycles. The van der Waals surface area contributed by atoms with Crippen molar-refractivity contribution >= 4 is 5.69 Å². The van der Waals surface area contributed by atoms with Crippen molar-refractivity contribution in [3.05, 3.63) is 29.6 Å². The number of hydrogen-bond donors (Lipinski definition) is 1. The van der Waals surface area contributed by atoms with E-state index in [9.17, 15) is 4.39 Å². The van der Waals surface area contributed by atoms with Crippen LogP contribution >= 0.6 is 0 Å². The third-order valence-corrected chi connectivity index (χ3v) is 3.32. The SMILES string of the molecule is CNCCC(C)N1CCc2ccc(F)cc21. The third-order valence-electron chi connectivity index (χ3n) is 3.32. The Bertz CT molecular complexity index is 365. The normalized spacial score (nSPS) is 16.3. The largest absolute Gasteiger partial charge is 0.368 e. The summed E-state index contributed by atoms with van der Waals surface area (Å²) in [6.45, 7) is 4.23. The average Bonchev–Trinajstić information content (AvgIpc) is 2.68. The van der Waals surface area contributed by atoms with Crippen molar-refractivity contribution in [2.75, 3.05) is 25.0 Å². The number of fused-ring (bicyclic) bond motifs is 1. The Kier molecular flexibility index (Phi) is 3.44. The van der Waals surface area contributed by atoms with Crippen molar-refractivity contribution in [3.8, 4) is 0 Å². The van der Waals surface area contributed by atoms with Gasteiger partial charge in [0, 0.05) is 18.3 Å². The van der Waals surface area contributed by atoms with E-state index < -0.39 is 0 Å². The first kappa shape index (κ1) is 11.4. The van der Waals surface area contributed by atoms with Crippen LogP contribution in [0.2, 0.25) is 0 Å². The van der Waals surface area contributed by atoms with E-state index in [1.165, 1.54) is 5.56 Å². The van der Waals surface area contributed by atoms with Gasteiger partial charge in [0.2, 0.25) is 0 Å². The van der Waals surface area contributed by atoms with Crippen LogP contribution in [0.3, 0.4) is 0 Å². The van der Waals surface area contributed by atoms with Crippen LogP contribution in [-0.2, 0) is 6.42 Å². The van der Waals surface area contributed by atoms with Gasteiger partial charge in [-0.3, -0.25) is 0 Å². The number of halogens is 1. The zero-order chi connectivity index (χ0) is 11.5. The van der Waals surface area contributed by atoms with Gasteiger partial charge in [0.25, 0.3) is 0 Å². The summed E-state index contributed by atoms with van der Waals surface area (Å²) in [6, 6.07) is 5.60. The Hall–Kier alpha value is -1.09. The topological polar surface area (TPSA) is 15.3 Å². The summed E-state index contributed by atoms with van der Waals surface area (Å²) in [5.41, 5.74) is 2.36. The molecule has 1 atom stereocenters. The monoisotopic (exact) mass is 222 g/mol. The summed E-state index contributed by atoms with van der Waals surface area (Å²) < 4.78 is 13.2. The lowest BCUT2D eigenvalue weighted by molar-refractivity contribution is 0.579. The number of nitrogens with one attached hydrogen (secondary N) is 1. The molecule has 2 rings (SSSR count). The van der Waals surface area contributed by atoms with Gasteiger partial charge in [0.1, 0.15) is 5.82 Å². The molecule has 0 fully saturated rings. The molecule has 2 nitrogen and oxygen atoms in total. The summed E-state index contributed by atoms with van der Waals surface area (Å²) in [5.74, 6) is -0.133. The Morgan fingerprint density at radius 3 is 3.06 bits per heavy atom. The lowest BCUT2D eigenvalue weighted by Crippen LogP contribution is -2.33. The van der Waals surface area contributed by atoms with E-state index in [2.05, 4.69) is 17.1 Å². The van der Waals surface area contributed by atoms with E-state index in [1.807, 2.05) is 13.1 Å². The van der Waals surface area contributed by atoms with Crippen molar-refractivity contribution in [2.45, 2.75) is 25.8 Å². The fourth-order valence-electron chi connectivity index (χ4n) is 2.34. The molecule has 0 saturated heterocycles. The maximum atomic E-state index is 13.2. The van der Waals surface area contributed by atoms with Gasteiger partial charge in [-0.05, 0) is 51.1 Å². The van der Waals surface area contributed by atoms with Gasteiger partial charge in [0.05, 0.1) is 0 Å². The molecule has 16 heavy (non-hydrogen) atoms. The first-order chi connectivity index (χ1) is 7.72. The Morgan fingerprint density at radius 1 is 1.50 bits per heavy atom. The predicted molar refractivity (Wildman–Crippen MR) is 65.5 cm³/mol. The van der Waals surface area contributed by atoms with Gasteiger partial charge < -0.3 is 10.2 Å². The van der Waals surface area contributed by atoms with Gasteiger partial charge in [-0.2, -0.15) is 0 Å². The van der Waals surface area contributed by atoms with Crippen LogP contribution in [-0.4, -0.2) is 26.2 Å². The molecule has 1 aliphatic heterocycles.